The molecule has 0 nitrogen and oxygen atoms in total. The minimum atomic E-state index is -2.46. The summed E-state index contributed by atoms with van der Waals surface area (Å²) in [5.74, 6) is -2.00. The van der Waals surface area contributed by atoms with E-state index < -0.39 is 37.3 Å². The fraction of sp³-hybridized carbons (Fsp3) is 1.00. The molecule has 0 heterocycles. The van der Waals surface area contributed by atoms with Crippen molar-refractivity contribution in [2.45, 2.75) is 391 Å². The van der Waals surface area contributed by atoms with Gasteiger partial charge in [-0.3, -0.25) is 0 Å². The highest BCUT2D eigenvalue weighted by Gasteiger charge is 2.16. The Hall–Kier alpha value is -0.280. The molecule has 0 aromatic rings. The van der Waals surface area contributed by atoms with Crippen molar-refractivity contribution in [2.75, 3.05) is 0 Å². The first-order chi connectivity index (χ1) is 34.1. The average molecular weight is 1030 g/mol. The van der Waals surface area contributed by atoms with E-state index >= 15 is 0 Å². The summed E-state index contributed by atoms with van der Waals surface area (Å²) in [4.78, 5) is 0. The van der Waals surface area contributed by atoms with Gasteiger partial charge in [-0.15, -0.1) is 0 Å². The molecule has 2 rings (SSSR count). The van der Waals surface area contributed by atoms with Crippen LogP contribution in [0.25, 0.3) is 0 Å². The molecule has 4 heteroatoms. The molecule has 2 aliphatic carbocycles. The van der Waals surface area contributed by atoms with Crippen molar-refractivity contribution in [3.05, 3.63) is 0 Å². The molecule has 0 aromatic carbocycles. The Balaban J connectivity index is -0.0000000536. The smallest absolute Gasteiger partial charge is 0.207 e. The summed E-state index contributed by atoms with van der Waals surface area (Å²) >= 11 is 0. The van der Waals surface area contributed by atoms with E-state index in [4.69, 9.17) is 11.0 Å². The van der Waals surface area contributed by atoms with Crippen LogP contribution in [-0.2, 0) is 0 Å². The summed E-state index contributed by atoms with van der Waals surface area (Å²) in [7, 11) is 0. The highest BCUT2D eigenvalue weighted by atomic mass is 19.3. The van der Waals surface area contributed by atoms with Gasteiger partial charge in [-0.05, 0) is 58.7 Å². The van der Waals surface area contributed by atoms with Crippen molar-refractivity contribution in [3.63, 3.8) is 0 Å². The Kier molecular flexibility index (Phi) is 77.2. The molecule has 0 aromatic heterocycles. The predicted molar refractivity (Wildman–Crippen MR) is 332 cm³/mol. The fourth-order valence-corrected chi connectivity index (χ4v) is 2.44. The zero-order valence-electron chi connectivity index (χ0n) is 64.6. The fourth-order valence-electron chi connectivity index (χ4n) is 2.44. The molecular weight excluding hydrogens is 869 g/mol. The van der Waals surface area contributed by atoms with E-state index in [9.17, 15) is 17.6 Å². The van der Waals surface area contributed by atoms with Crippen LogP contribution in [0.3, 0.4) is 0 Å². The van der Waals surface area contributed by atoms with Gasteiger partial charge < -0.3 is 0 Å². The second-order valence-electron chi connectivity index (χ2n) is 25.4. The lowest BCUT2D eigenvalue weighted by Gasteiger charge is -2.15. The maximum absolute atomic E-state index is 11.5. The topological polar surface area (TPSA) is 0 Å². The molecule has 0 bridgehead atoms. The normalized spacial score (nSPS) is 15.3. The molecule has 0 atom stereocenters. The van der Waals surface area contributed by atoms with E-state index in [0.29, 0.717) is 21.7 Å². The Morgan fingerprint density at radius 1 is 0.400 bits per heavy atom. The zero-order chi connectivity index (χ0) is 67.0. The largest absolute Gasteiger partial charge is 0.245 e. The van der Waals surface area contributed by atoms with Gasteiger partial charge in [0.05, 0.1) is 0 Å². The van der Waals surface area contributed by atoms with Gasteiger partial charge in [-0.25, -0.2) is 17.6 Å². The summed E-state index contributed by atoms with van der Waals surface area (Å²) in [5.41, 5.74) is 0.458. The molecular formula is C66H154F4. The second-order valence-corrected chi connectivity index (χ2v) is 25.4. The van der Waals surface area contributed by atoms with Crippen molar-refractivity contribution in [2.24, 2.45) is 44.8 Å². The molecule has 446 valence electrons. The SMILES string of the molecule is CC.CC.CC(C)(C)C.CC(C)(C)C.CC(C)C.CC1CCCC1.CC1CCCCC1.CCC.CCC(C)(C)C.CCC(C)(C)C.CCC(C)(F)F.CCC(C)(F)F.CCCC.[2H]C([2H])(C)C.[2H]C([2H])([2H])C(C)(C)C([2H])([2H])[2H]. The van der Waals surface area contributed by atoms with E-state index in [2.05, 4.69) is 173 Å². The standard InChI is InChI=1S/C7H14.C6H12.2C6H14.3C5H12.2C4H8F2.2C4H10.2C3H8.2C2H6/c1-7-5-3-2-4-6-7;1-6-4-2-3-5-6;2*1-5-6(2,3)4;3*1-5(2,3)4;2*1-3-4(2,5)6;1-4(2)3;1-3-4-2;2*1-3-2;2*1-2/h7H,2-6H2,1H3;6H,2-5H2,1H3;2*5H2,1-4H3;3*1-4H3;2*3H2,1-2H3;4H,1-3H3;3-4H2,1-2H3;2*3H2,1-2H3;2*1-2H3/i;;;;1D3,2D3;;;;;;;3D2;;;. The van der Waals surface area contributed by atoms with Crippen LogP contribution in [-0.4, -0.2) is 11.8 Å². The molecule has 0 saturated heterocycles. The van der Waals surface area contributed by atoms with Gasteiger partial charge in [0.2, 0.25) is 11.8 Å². The monoisotopic (exact) mass is 1030 g/mol. The zero-order valence-corrected chi connectivity index (χ0v) is 56.6. The summed E-state index contributed by atoms with van der Waals surface area (Å²) in [5, 5.41) is 0. The van der Waals surface area contributed by atoms with Crippen molar-refractivity contribution in [3.8, 4) is 0 Å². The Bertz CT molecular complexity index is 922. The number of halogens is 4. The summed E-state index contributed by atoms with van der Waals surface area (Å²) in [6.07, 6.45) is 18.7. The molecule has 0 amide bonds. The van der Waals surface area contributed by atoms with E-state index in [1.54, 1.807) is 0 Å². The number of unbranched alkanes of at least 4 members (excludes halogenated alkanes) is 1. The van der Waals surface area contributed by atoms with Crippen LogP contribution in [0.15, 0.2) is 0 Å². The summed E-state index contributed by atoms with van der Waals surface area (Å²) < 4.78 is 101. The summed E-state index contributed by atoms with van der Waals surface area (Å²) in [6.45, 7) is 68.6. The van der Waals surface area contributed by atoms with Crippen LogP contribution in [0, 0.1) is 44.8 Å². The van der Waals surface area contributed by atoms with Gasteiger partial charge >= 0.3 is 0 Å². The minimum absolute atomic E-state index is 0.0625. The van der Waals surface area contributed by atoms with Crippen molar-refractivity contribution >= 4 is 0 Å². The summed E-state index contributed by atoms with van der Waals surface area (Å²) in [6, 6.07) is 0. The van der Waals surface area contributed by atoms with E-state index in [1.165, 1.54) is 131 Å². The molecule has 0 spiro atoms. The van der Waals surface area contributed by atoms with Crippen molar-refractivity contribution in [1.82, 2.24) is 0 Å². The van der Waals surface area contributed by atoms with Gasteiger partial charge in [-0.1, -0.05) is 352 Å². The highest BCUT2D eigenvalue weighted by Crippen LogP contribution is 2.23. The van der Waals surface area contributed by atoms with Gasteiger partial charge in [0.1, 0.15) is 0 Å². The Labute approximate surface area is 462 Å². The molecule has 0 aliphatic heterocycles. The molecule has 0 unspecified atom stereocenters. The van der Waals surface area contributed by atoms with Gasteiger partial charge in [0.25, 0.3) is 0 Å². The van der Waals surface area contributed by atoms with E-state index in [0.717, 1.165) is 31.6 Å². The van der Waals surface area contributed by atoms with Crippen LogP contribution in [0.2, 0.25) is 0 Å². The van der Waals surface area contributed by atoms with E-state index in [-0.39, 0.29) is 12.8 Å². The van der Waals surface area contributed by atoms with E-state index in [1.807, 2.05) is 27.7 Å². The van der Waals surface area contributed by atoms with Gasteiger partial charge in [0, 0.05) is 23.8 Å². The Morgan fingerprint density at radius 3 is 0.557 bits per heavy atom. The third kappa shape index (κ3) is 392. The first-order valence-electron chi connectivity index (χ1n) is 32.8. The predicted octanol–water partition coefficient (Wildman–Crippen LogP) is 28.3. The molecule has 2 saturated carbocycles. The molecule has 2 aliphatic rings. The van der Waals surface area contributed by atoms with Crippen LogP contribution in [0.4, 0.5) is 17.6 Å². The molecule has 70 heavy (non-hydrogen) atoms. The lowest BCUT2D eigenvalue weighted by molar-refractivity contribution is 0.0174. The number of hydrogen-bond donors (Lipinski definition) is 0. The lowest BCUT2D eigenvalue weighted by Crippen LogP contribution is -2.05. The number of rotatable bonds is 3. The highest BCUT2D eigenvalue weighted by molar-refractivity contribution is 4.61. The number of alkyl halides is 4. The first kappa shape index (κ1) is 78.6. The molecule has 2 fully saturated rings. The molecule has 0 N–H and O–H groups in total. The van der Waals surface area contributed by atoms with Crippen LogP contribution in [0.1, 0.15) is 390 Å². The molecule has 0 radical (unpaired) electrons. The van der Waals surface area contributed by atoms with Crippen LogP contribution in [0.5, 0.6) is 0 Å². The Morgan fingerprint density at radius 2 is 0.529 bits per heavy atom. The maximum atomic E-state index is 11.5. The minimum Gasteiger partial charge on any atom is -0.207 e. The lowest BCUT2D eigenvalue weighted by atomic mass is 9.91. The quantitative estimate of drug-likeness (QED) is 0.247. The average Bonchev–Trinajstić information content (AvgIpc) is 3.71. The third-order valence-electron chi connectivity index (χ3n) is 7.40. The van der Waals surface area contributed by atoms with Gasteiger partial charge in [-0.2, -0.15) is 0 Å². The van der Waals surface area contributed by atoms with Crippen LogP contribution < -0.4 is 0 Å². The van der Waals surface area contributed by atoms with Gasteiger partial charge in [0.15, 0.2) is 0 Å². The number of hydrogen-bond acceptors (Lipinski definition) is 0. The van der Waals surface area contributed by atoms with Crippen molar-refractivity contribution < 1.29 is 28.5 Å². The first-order valence-corrected chi connectivity index (χ1v) is 28.8. The second kappa shape index (κ2) is 68.7. The van der Waals surface area contributed by atoms with Crippen LogP contribution >= 0.6 is 0 Å². The maximum Gasteiger partial charge on any atom is 0.245 e. The third-order valence-corrected chi connectivity index (χ3v) is 7.40. The van der Waals surface area contributed by atoms with Crippen molar-refractivity contribution in [1.29, 1.82) is 0 Å².